The maximum absolute atomic E-state index is 13.5. The molecule has 8 heteroatoms. The van der Waals surface area contributed by atoms with Gasteiger partial charge >= 0.3 is 5.97 Å². The van der Waals surface area contributed by atoms with E-state index in [0.29, 0.717) is 30.8 Å². The van der Waals surface area contributed by atoms with Crippen LogP contribution >= 0.6 is 11.3 Å². The van der Waals surface area contributed by atoms with Crippen LogP contribution in [0.25, 0.3) is 10.1 Å². The number of thiophene rings is 1. The van der Waals surface area contributed by atoms with Crippen molar-refractivity contribution >= 4 is 33.3 Å². The molecule has 0 spiro atoms. The van der Waals surface area contributed by atoms with Crippen molar-refractivity contribution in [3.05, 3.63) is 52.4 Å². The highest BCUT2D eigenvalue weighted by Crippen LogP contribution is 2.33. The zero-order chi connectivity index (χ0) is 19.1. The minimum Gasteiger partial charge on any atom is -0.478 e. The molecule has 140 valence electrons. The lowest BCUT2D eigenvalue weighted by Crippen LogP contribution is -2.39. The van der Waals surface area contributed by atoms with Crippen molar-refractivity contribution in [3.63, 3.8) is 0 Å². The molecule has 0 saturated carbocycles. The highest BCUT2D eigenvalue weighted by Gasteiger charge is 2.27. The van der Waals surface area contributed by atoms with Gasteiger partial charge < -0.3 is 10.0 Å². The molecule has 1 saturated heterocycles. The molecule has 1 N–H and O–H groups in total. The number of amides is 1. The number of benzene rings is 1. The maximum Gasteiger partial charge on any atom is 0.338 e. The van der Waals surface area contributed by atoms with Gasteiger partial charge in [-0.05, 0) is 42.8 Å². The summed E-state index contributed by atoms with van der Waals surface area (Å²) < 4.78 is 15.9. The SMILES string of the molecule is Cc1c(C(=O)N2CCC(n3cc(C(=O)O)cn3)CC2)sc2cc(F)ccc12. The van der Waals surface area contributed by atoms with Crippen molar-refractivity contribution < 1.29 is 19.1 Å². The third-order valence-electron chi connectivity index (χ3n) is 5.07. The highest BCUT2D eigenvalue weighted by atomic mass is 32.1. The van der Waals surface area contributed by atoms with Crippen molar-refractivity contribution in [1.29, 1.82) is 0 Å². The van der Waals surface area contributed by atoms with Gasteiger partial charge in [0, 0.05) is 24.0 Å². The molecule has 0 atom stereocenters. The Hall–Kier alpha value is -2.74. The van der Waals surface area contributed by atoms with E-state index in [2.05, 4.69) is 5.10 Å². The number of rotatable bonds is 3. The standard InChI is InChI=1S/C19H18FN3O3S/c1-11-15-3-2-13(20)8-16(15)27-17(11)18(24)22-6-4-14(5-7-22)23-10-12(9-21-23)19(25)26/h2-3,8-10,14H,4-7H2,1H3,(H,25,26). The number of hydrogen-bond donors (Lipinski definition) is 1. The molecule has 0 aliphatic carbocycles. The van der Waals surface area contributed by atoms with Crippen LogP contribution in [-0.2, 0) is 0 Å². The first-order chi connectivity index (χ1) is 12.9. The molecule has 2 aromatic heterocycles. The van der Waals surface area contributed by atoms with E-state index in [4.69, 9.17) is 5.11 Å². The van der Waals surface area contributed by atoms with Crippen molar-refractivity contribution in [2.75, 3.05) is 13.1 Å². The number of piperidine rings is 1. The fourth-order valence-electron chi connectivity index (χ4n) is 3.53. The summed E-state index contributed by atoms with van der Waals surface area (Å²) in [5, 5.41) is 14.1. The Morgan fingerprint density at radius 3 is 2.70 bits per heavy atom. The van der Waals surface area contributed by atoms with Gasteiger partial charge in [-0.1, -0.05) is 6.07 Å². The molecular formula is C19H18FN3O3S. The molecule has 3 aromatic rings. The lowest BCUT2D eigenvalue weighted by molar-refractivity contribution is 0.0691. The predicted molar refractivity (Wildman–Crippen MR) is 99.9 cm³/mol. The van der Waals surface area contributed by atoms with Crippen LogP contribution in [0.4, 0.5) is 4.39 Å². The van der Waals surface area contributed by atoms with E-state index in [1.54, 1.807) is 10.7 Å². The highest BCUT2D eigenvalue weighted by molar-refractivity contribution is 7.21. The van der Waals surface area contributed by atoms with Crippen LogP contribution in [0, 0.1) is 12.7 Å². The molecule has 4 rings (SSSR count). The summed E-state index contributed by atoms with van der Waals surface area (Å²) in [7, 11) is 0. The summed E-state index contributed by atoms with van der Waals surface area (Å²) >= 11 is 1.33. The van der Waals surface area contributed by atoms with E-state index in [1.807, 2.05) is 11.8 Å². The summed E-state index contributed by atoms with van der Waals surface area (Å²) in [5.74, 6) is -1.33. The predicted octanol–water partition coefficient (Wildman–Crippen LogP) is 3.72. The molecule has 0 unspecified atom stereocenters. The summed E-state index contributed by atoms with van der Waals surface area (Å²) in [5.41, 5.74) is 1.06. The van der Waals surface area contributed by atoms with Crippen LogP contribution < -0.4 is 0 Å². The first-order valence-corrected chi connectivity index (χ1v) is 9.51. The van der Waals surface area contributed by atoms with Crippen LogP contribution in [0.1, 0.15) is 44.5 Å². The van der Waals surface area contributed by atoms with Crippen molar-refractivity contribution in [3.8, 4) is 0 Å². The van der Waals surface area contributed by atoms with Crippen LogP contribution in [0.3, 0.4) is 0 Å². The lowest BCUT2D eigenvalue weighted by atomic mass is 10.0. The zero-order valence-corrected chi connectivity index (χ0v) is 15.5. The summed E-state index contributed by atoms with van der Waals surface area (Å²) in [6.45, 7) is 3.05. The van der Waals surface area contributed by atoms with Gasteiger partial charge in [-0.2, -0.15) is 5.10 Å². The Kier molecular flexibility index (Phi) is 4.43. The topological polar surface area (TPSA) is 75.4 Å². The molecule has 27 heavy (non-hydrogen) atoms. The second-order valence-electron chi connectivity index (χ2n) is 6.73. The monoisotopic (exact) mass is 387 g/mol. The van der Waals surface area contributed by atoms with E-state index < -0.39 is 5.97 Å². The van der Waals surface area contributed by atoms with E-state index in [0.717, 1.165) is 15.6 Å². The van der Waals surface area contributed by atoms with Crippen molar-refractivity contribution in [2.24, 2.45) is 0 Å². The third-order valence-corrected chi connectivity index (χ3v) is 6.31. The van der Waals surface area contributed by atoms with Gasteiger partial charge in [0.1, 0.15) is 5.82 Å². The van der Waals surface area contributed by atoms with Gasteiger partial charge in [0.15, 0.2) is 0 Å². The minimum absolute atomic E-state index is 0.0285. The van der Waals surface area contributed by atoms with E-state index in [1.165, 1.54) is 35.9 Å². The average molecular weight is 387 g/mol. The number of carbonyl (C=O) groups is 2. The number of fused-ring (bicyclic) bond motifs is 1. The molecule has 6 nitrogen and oxygen atoms in total. The van der Waals surface area contributed by atoms with Gasteiger partial charge in [0.25, 0.3) is 5.91 Å². The van der Waals surface area contributed by atoms with Gasteiger partial charge in [-0.3, -0.25) is 9.48 Å². The number of carboxylic acid groups (broad SMARTS) is 1. The molecule has 1 aromatic carbocycles. The molecule has 1 aliphatic heterocycles. The molecule has 1 aliphatic rings. The third kappa shape index (κ3) is 3.21. The fraction of sp³-hybridized carbons (Fsp3) is 0.316. The fourth-order valence-corrected chi connectivity index (χ4v) is 4.73. The number of aromatic nitrogens is 2. The normalized spacial score (nSPS) is 15.4. The summed E-state index contributed by atoms with van der Waals surface area (Å²) in [4.78, 5) is 26.4. The van der Waals surface area contributed by atoms with E-state index in [9.17, 15) is 14.0 Å². The van der Waals surface area contributed by atoms with Crippen LogP contribution in [-0.4, -0.2) is 44.8 Å². The molecule has 0 radical (unpaired) electrons. The zero-order valence-electron chi connectivity index (χ0n) is 14.7. The van der Waals surface area contributed by atoms with Crippen molar-refractivity contribution in [2.45, 2.75) is 25.8 Å². The van der Waals surface area contributed by atoms with Gasteiger partial charge in [-0.25, -0.2) is 9.18 Å². The Morgan fingerprint density at radius 2 is 2.04 bits per heavy atom. The number of hydrogen-bond acceptors (Lipinski definition) is 4. The number of aromatic carboxylic acids is 1. The van der Waals surface area contributed by atoms with Crippen LogP contribution in [0.2, 0.25) is 0 Å². The first kappa shape index (κ1) is 17.7. The Balaban J connectivity index is 1.48. The quantitative estimate of drug-likeness (QED) is 0.743. The molecule has 1 amide bonds. The smallest absolute Gasteiger partial charge is 0.338 e. The summed E-state index contributed by atoms with van der Waals surface area (Å²) in [6, 6.07) is 4.68. The van der Waals surface area contributed by atoms with Crippen molar-refractivity contribution in [1.82, 2.24) is 14.7 Å². The maximum atomic E-state index is 13.5. The van der Waals surface area contributed by atoms with Gasteiger partial charge in [0.2, 0.25) is 0 Å². The Bertz CT molecular complexity index is 1030. The minimum atomic E-state index is -0.995. The molecule has 0 bridgehead atoms. The first-order valence-electron chi connectivity index (χ1n) is 8.69. The lowest BCUT2D eigenvalue weighted by Gasteiger charge is -2.32. The Morgan fingerprint density at radius 1 is 1.30 bits per heavy atom. The summed E-state index contributed by atoms with van der Waals surface area (Å²) in [6.07, 6.45) is 4.31. The molecular weight excluding hydrogens is 369 g/mol. The van der Waals surface area contributed by atoms with Crippen LogP contribution in [0.5, 0.6) is 0 Å². The molecule has 1 fully saturated rings. The van der Waals surface area contributed by atoms with Crippen LogP contribution in [0.15, 0.2) is 30.6 Å². The molecule has 3 heterocycles. The van der Waals surface area contributed by atoms with E-state index >= 15 is 0 Å². The Labute approximate surface area is 158 Å². The average Bonchev–Trinajstić information content (AvgIpc) is 3.27. The number of nitrogens with zero attached hydrogens (tertiary/aromatic N) is 3. The second kappa shape index (κ2) is 6.77. The van der Waals surface area contributed by atoms with Gasteiger partial charge in [-0.15, -0.1) is 11.3 Å². The number of aryl methyl sites for hydroxylation is 1. The number of carbonyl (C=O) groups excluding carboxylic acids is 1. The number of halogens is 1. The van der Waals surface area contributed by atoms with E-state index in [-0.39, 0.29) is 23.3 Å². The number of carboxylic acids is 1. The number of likely N-dealkylation sites (tertiary alicyclic amines) is 1. The van der Waals surface area contributed by atoms with Gasteiger partial charge in [0.05, 0.1) is 22.7 Å². The second-order valence-corrected chi connectivity index (χ2v) is 7.79. The largest absolute Gasteiger partial charge is 0.478 e.